The lowest BCUT2D eigenvalue weighted by molar-refractivity contribution is 0.699. The fourth-order valence-electron chi connectivity index (χ4n) is 1.48. The van der Waals surface area contributed by atoms with Crippen molar-refractivity contribution < 1.29 is 0 Å². The smallest absolute Gasteiger partial charge is 0.0525 e. The molecular weight excluding hydrogens is 150 g/mol. The van der Waals surface area contributed by atoms with E-state index in [-0.39, 0.29) is 6.04 Å². The van der Waals surface area contributed by atoms with E-state index in [1.165, 1.54) is 11.3 Å². The maximum atomic E-state index is 5.72. The second-order valence-corrected chi connectivity index (χ2v) is 3.28. The Labute approximate surface area is 73.6 Å². The molecule has 0 spiro atoms. The van der Waals surface area contributed by atoms with Crippen LogP contribution in [0, 0.1) is 0 Å². The van der Waals surface area contributed by atoms with Gasteiger partial charge < -0.3 is 5.73 Å². The van der Waals surface area contributed by atoms with Crippen molar-refractivity contribution in [1.29, 1.82) is 0 Å². The minimum atomic E-state index is 0.222. The average molecular weight is 167 g/mol. The lowest BCUT2D eigenvalue weighted by atomic mass is 10.1. The van der Waals surface area contributed by atoms with Gasteiger partial charge in [-0.05, 0) is 25.3 Å². The van der Waals surface area contributed by atoms with E-state index < -0.39 is 0 Å². The third-order valence-electron chi connectivity index (χ3n) is 2.02. The van der Waals surface area contributed by atoms with Gasteiger partial charge in [-0.2, -0.15) is 5.10 Å². The average Bonchev–Trinajstić information content (AvgIpc) is 2.30. The topological polar surface area (TPSA) is 43.8 Å². The van der Waals surface area contributed by atoms with Crippen LogP contribution < -0.4 is 5.73 Å². The van der Waals surface area contributed by atoms with Gasteiger partial charge in [0.2, 0.25) is 0 Å². The maximum absolute atomic E-state index is 5.72. The van der Waals surface area contributed by atoms with Gasteiger partial charge in [0.05, 0.1) is 6.20 Å². The van der Waals surface area contributed by atoms with Gasteiger partial charge in [-0.25, -0.2) is 0 Å². The minimum Gasteiger partial charge on any atom is -0.328 e. The van der Waals surface area contributed by atoms with E-state index in [2.05, 4.69) is 12.0 Å². The summed E-state index contributed by atoms with van der Waals surface area (Å²) in [4.78, 5) is 0. The number of aryl methyl sites for hydroxylation is 1. The van der Waals surface area contributed by atoms with Crippen LogP contribution in [0.5, 0.6) is 0 Å². The van der Waals surface area contributed by atoms with E-state index in [1.807, 2.05) is 24.9 Å². The second-order valence-electron chi connectivity index (χ2n) is 3.28. The van der Waals surface area contributed by atoms with E-state index in [9.17, 15) is 0 Å². The molecule has 0 amide bonds. The van der Waals surface area contributed by atoms with Crippen LogP contribution in [0.15, 0.2) is 6.20 Å². The van der Waals surface area contributed by atoms with Gasteiger partial charge in [-0.15, -0.1) is 0 Å². The molecule has 1 atom stereocenters. The van der Waals surface area contributed by atoms with Crippen molar-refractivity contribution in [2.45, 2.75) is 32.7 Å². The molecule has 0 aliphatic heterocycles. The van der Waals surface area contributed by atoms with E-state index in [0.29, 0.717) is 0 Å². The SMILES string of the molecule is CCc1c(CC(C)N)cnn1C. The standard InChI is InChI=1S/C9H17N3/c1-4-9-8(5-7(2)10)6-11-12(9)3/h6-7H,4-5,10H2,1-3H3. The van der Waals surface area contributed by atoms with Crippen LogP contribution in [0.1, 0.15) is 25.1 Å². The minimum absolute atomic E-state index is 0.222. The first kappa shape index (κ1) is 9.26. The molecule has 0 saturated heterocycles. The van der Waals surface area contributed by atoms with Gasteiger partial charge in [0, 0.05) is 18.8 Å². The van der Waals surface area contributed by atoms with Crippen LogP contribution in [-0.2, 0) is 19.9 Å². The highest BCUT2D eigenvalue weighted by atomic mass is 15.3. The van der Waals surface area contributed by atoms with Crippen molar-refractivity contribution in [3.05, 3.63) is 17.5 Å². The summed E-state index contributed by atoms with van der Waals surface area (Å²) in [5.74, 6) is 0. The maximum Gasteiger partial charge on any atom is 0.0525 e. The number of hydrogen-bond donors (Lipinski definition) is 1. The van der Waals surface area contributed by atoms with E-state index in [4.69, 9.17) is 5.73 Å². The van der Waals surface area contributed by atoms with Gasteiger partial charge >= 0.3 is 0 Å². The molecule has 12 heavy (non-hydrogen) atoms. The molecule has 1 unspecified atom stereocenters. The van der Waals surface area contributed by atoms with Gasteiger partial charge in [0.1, 0.15) is 0 Å². The molecule has 3 heteroatoms. The summed E-state index contributed by atoms with van der Waals surface area (Å²) in [5, 5.41) is 4.20. The van der Waals surface area contributed by atoms with Crippen LogP contribution in [0.25, 0.3) is 0 Å². The second kappa shape index (κ2) is 3.72. The van der Waals surface area contributed by atoms with Gasteiger partial charge in [-0.1, -0.05) is 6.92 Å². The molecule has 2 N–H and O–H groups in total. The first-order valence-electron chi connectivity index (χ1n) is 4.40. The Balaban J connectivity index is 2.84. The fourth-order valence-corrected chi connectivity index (χ4v) is 1.48. The highest BCUT2D eigenvalue weighted by Gasteiger charge is 2.07. The van der Waals surface area contributed by atoms with Crippen molar-refractivity contribution in [1.82, 2.24) is 9.78 Å². The van der Waals surface area contributed by atoms with Crippen molar-refractivity contribution in [2.75, 3.05) is 0 Å². The number of nitrogens with two attached hydrogens (primary N) is 1. The molecule has 0 fully saturated rings. The van der Waals surface area contributed by atoms with Crippen LogP contribution >= 0.6 is 0 Å². The van der Waals surface area contributed by atoms with E-state index in [1.54, 1.807) is 0 Å². The molecular formula is C9H17N3. The summed E-state index contributed by atoms with van der Waals surface area (Å²) in [6.07, 6.45) is 3.87. The Kier molecular flexibility index (Phi) is 2.87. The fraction of sp³-hybridized carbons (Fsp3) is 0.667. The highest BCUT2D eigenvalue weighted by Crippen LogP contribution is 2.09. The summed E-state index contributed by atoms with van der Waals surface area (Å²) in [7, 11) is 1.98. The number of hydrogen-bond acceptors (Lipinski definition) is 2. The van der Waals surface area contributed by atoms with Crippen molar-refractivity contribution in [2.24, 2.45) is 12.8 Å². The lowest BCUT2D eigenvalue weighted by Gasteiger charge is -2.05. The molecule has 0 radical (unpaired) electrons. The van der Waals surface area contributed by atoms with Crippen LogP contribution in [0.2, 0.25) is 0 Å². The Morgan fingerprint density at radius 3 is 2.83 bits per heavy atom. The molecule has 0 bridgehead atoms. The van der Waals surface area contributed by atoms with Crippen molar-refractivity contribution >= 4 is 0 Å². The molecule has 1 aromatic heterocycles. The first-order chi connectivity index (χ1) is 5.65. The molecule has 3 nitrogen and oxygen atoms in total. The zero-order valence-corrected chi connectivity index (χ0v) is 8.04. The third kappa shape index (κ3) is 1.85. The molecule has 0 aliphatic rings. The van der Waals surface area contributed by atoms with Crippen molar-refractivity contribution in [3.63, 3.8) is 0 Å². The first-order valence-corrected chi connectivity index (χ1v) is 4.40. The van der Waals surface area contributed by atoms with Gasteiger partial charge in [-0.3, -0.25) is 4.68 Å². The van der Waals surface area contributed by atoms with Crippen LogP contribution in [0.3, 0.4) is 0 Å². The molecule has 0 saturated carbocycles. The van der Waals surface area contributed by atoms with Gasteiger partial charge in [0.15, 0.2) is 0 Å². The monoisotopic (exact) mass is 167 g/mol. The Bertz CT molecular complexity index is 250. The molecule has 0 aromatic carbocycles. The normalized spacial score (nSPS) is 13.3. The summed E-state index contributed by atoms with van der Waals surface area (Å²) in [6.45, 7) is 4.16. The largest absolute Gasteiger partial charge is 0.328 e. The Hall–Kier alpha value is -0.830. The third-order valence-corrected chi connectivity index (χ3v) is 2.02. The van der Waals surface area contributed by atoms with E-state index >= 15 is 0 Å². The molecule has 1 heterocycles. The predicted molar refractivity (Wildman–Crippen MR) is 49.9 cm³/mol. The predicted octanol–water partition coefficient (Wildman–Crippen LogP) is 0.872. The lowest BCUT2D eigenvalue weighted by Crippen LogP contribution is -2.18. The van der Waals surface area contributed by atoms with Crippen LogP contribution in [0.4, 0.5) is 0 Å². The summed E-state index contributed by atoms with van der Waals surface area (Å²) in [6, 6.07) is 0.222. The summed E-state index contributed by atoms with van der Waals surface area (Å²) >= 11 is 0. The number of aromatic nitrogens is 2. The molecule has 68 valence electrons. The zero-order valence-electron chi connectivity index (χ0n) is 8.04. The van der Waals surface area contributed by atoms with Gasteiger partial charge in [0.25, 0.3) is 0 Å². The van der Waals surface area contributed by atoms with E-state index in [0.717, 1.165) is 12.8 Å². The molecule has 1 rings (SSSR count). The highest BCUT2D eigenvalue weighted by molar-refractivity contribution is 5.18. The molecule has 0 aliphatic carbocycles. The quantitative estimate of drug-likeness (QED) is 0.726. The summed E-state index contributed by atoms with van der Waals surface area (Å²) < 4.78 is 1.93. The number of rotatable bonds is 3. The molecule has 1 aromatic rings. The van der Waals surface area contributed by atoms with Crippen molar-refractivity contribution in [3.8, 4) is 0 Å². The van der Waals surface area contributed by atoms with Crippen LogP contribution in [-0.4, -0.2) is 15.8 Å². The zero-order chi connectivity index (χ0) is 9.14. The number of nitrogens with zero attached hydrogens (tertiary/aromatic N) is 2. The Morgan fingerprint density at radius 2 is 2.33 bits per heavy atom. The summed E-state index contributed by atoms with van der Waals surface area (Å²) in [5.41, 5.74) is 8.31. The Morgan fingerprint density at radius 1 is 1.67 bits per heavy atom.